The van der Waals surface area contributed by atoms with Crippen LogP contribution in [0.25, 0.3) is 5.69 Å². The highest BCUT2D eigenvalue weighted by Crippen LogP contribution is 2.27. The lowest BCUT2D eigenvalue weighted by Gasteiger charge is -2.28. The molecule has 8 nitrogen and oxygen atoms in total. The van der Waals surface area contributed by atoms with Crippen molar-refractivity contribution in [2.75, 3.05) is 45.7 Å². The van der Waals surface area contributed by atoms with E-state index in [1.807, 2.05) is 25.1 Å². The van der Waals surface area contributed by atoms with Crippen LogP contribution >= 0.6 is 11.8 Å². The summed E-state index contributed by atoms with van der Waals surface area (Å²) >= 11 is 1.43. The average molecular weight is 365 g/mol. The van der Waals surface area contributed by atoms with Crippen LogP contribution in [-0.2, 0) is 4.74 Å². The summed E-state index contributed by atoms with van der Waals surface area (Å²) in [5.41, 5.74) is 1.88. The van der Waals surface area contributed by atoms with Gasteiger partial charge in [-0.15, -0.1) is 5.10 Å². The van der Waals surface area contributed by atoms with Crippen LogP contribution in [0.2, 0.25) is 0 Å². The molecule has 0 aliphatic carbocycles. The Kier molecular flexibility index (Phi) is 6.24. The number of aryl methyl sites for hydroxylation is 1. The number of ether oxygens (including phenoxy) is 2. The minimum Gasteiger partial charge on any atom is -0.494 e. The molecule has 0 unspecified atom stereocenters. The Morgan fingerprint density at radius 1 is 1.36 bits per heavy atom. The van der Waals surface area contributed by atoms with Gasteiger partial charge in [-0.05, 0) is 35.0 Å². The lowest BCUT2D eigenvalue weighted by Crippen LogP contribution is -2.41. The quantitative estimate of drug-likeness (QED) is 0.720. The summed E-state index contributed by atoms with van der Waals surface area (Å²) in [5, 5.41) is 22.9. The van der Waals surface area contributed by atoms with Crippen molar-refractivity contribution in [3.05, 3.63) is 23.8 Å². The predicted octanol–water partition coefficient (Wildman–Crippen LogP) is 0.765. The fraction of sp³-hybridized carbons (Fsp3) is 0.562. The fourth-order valence-corrected chi connectivity index (χ4v) is 3.49. The van der Waals surface area contributed by atoms with Gasteiger partial charge in [0, 0.05) is 25.4 Å². The number of rotatable bonds is 7. The summed E-state index contributed by atoms with van der Waals surface area (Å²) in [5.74, 6) is 1.22. The number of nitrogens with zero attached hydrogens (tertiary/aromatic N) is 5. The average Bonchev–Trinajstić information content (AvgIpc) is 3.09. The van der Waals surface area contributed by atoms with Gasteiger partial charge in [0.25, 0.3) is 0 Å². The van der Waals surface area contributed by atoms with Crippen molar-refractivity contribution in [1.29, 1.82) is 0 Å². The topological polar surface area (TPSA) is 85.5 Å². The maximum absolute atomic E-state index is 10.3. The Morgan fingerprint density at radius 3 is 2.92 bits per heavy atom. The van der Waals surface area contributed by atoms with Crippen LogP contribution < -0.4 is 4.74 Å². The van der Waals surface area contributed by atoms with Crippen molar-refractivity contribution in [3.8, 4) is 11.4 Å². The number of aliphatic hydroxyl groups is 1. The standard InChI is InChI=1S/C16H23N5O3S/c1-12-3-4-15(23-2)14(9-12)21-16(17-18-19-21)25-11-13(22)10-20-5-7-24-8-6-20/h3-4,9,13,22H,5-8,10-11H2,1-2H3/t13-/m0/s1. The Hall–Kier alpha value is -1.68. The van der Waals surface area contributed by atoms with Crippen LogP contribution in [0.5, 0.6) is 5.75 Å². The lowest BCUT2D eigenvalue weighted by molar-refractivity contribution is 0.0188. The second-order valence-electron chi connectivity index (χ2n) is 5.93. The molecular formula is C16H23N5O3S. The largest absolute Gasteiger partial charge is 0.494 e. The van der Waals surface area contributed by atoms with Crippen molar-refractivity contribution in [2.45, 2.75) is 18.2 Å². The van der Waals surface area contributed by atoms with E-state index in [0.29, 0.717) is 23.2 Å². The molecule has 2 aromatic rings. The molecule has 0 bridgehead atoms. The number of aromatic nitrogens is 4. The summed E-state index contributed by atoms with van der Waals surface area (Å²) in [6.07, 6.45) is -0.451. The molecule has 9 heteroatoms. The summed E-state index contributed by atoms with van der Waals surface area (Å²) in [7, 11) is 1.62. The first-order valence-corrected chi connectivity index (χ1v) is 9.20. The molecule has 0 radical (unpaired) electrons. The van der Waals surface area contributed by atoms with Gasteiger partial charge in [0.05, 0.1) is 26.4 Å². The van der Waals surface area contributed by atoms with E-state index in [9.17, 15) is 5.11 Å². The smallest absolute Gasteiger partial charge is 0.214 e. The molecule has 0 amide bonds. The molecule has 0 saturated carbocycles. The Morgan fingerprint density at radius 2 is 2.16 bits per heavy atom. The van der Waals surface area contributed by atoms with Crippen molar-refractivity contribution in [2.24, 2.45) is 0 Å². The van der Waals surface area contributed by atoms with Gasteiger partial charge in [0.2, 0.25) is 5.16 Å². The molecule has 0 spiro atoms. The zero-order valence-electron chi connectivity index (χ0n) is 14.5. The Labute approximate surface area is 151 Å². The highest BCUT2D eigenvalue weighted by molar-refractivity contribution is 7.99. The van der Waals surface area contributed by atoms with Crippen LogP contribution in [0.1, 0.15) is 5.56 Å². The molecule has 3 rings (SSSR count). The number of aliphatic hydroxyl groups excluding tert-OH is 1. The minimum absolute atomic E-state index is 0.451. The molecule has 25 heavy (non-hydrogen) atoms. The summed E-state index contributed by atoms with van der Waals surface area (Å²) in [6, 6.07) is 5.85. The molecule has 1 fully saturated rings. The van der Waals surface area contributed by atoms with Gasteiger partial charge in [-0.3, -0.25) is 4.90 Å². The van der Waals surface area contributed by atoms with E-state index in [4.69, 9.17) is 9.47 Å². The zero-order chi connectivity index (χ0) is 17.6. The van der Waals surface area contributed by atoms with Crippen molar-refractivity contribution in [3.63, 3.8) is 0 Å². The predicted molar refractivity (Wildman–Crippen MR) is 94.4 cm³/mol. The molecule has 1 aliphatic heterocycles. The number of tetrazole rings is 1. The molecule has 1 atom stereocenters. The van der Waals surface area contributed by atoms with Crippen LogP contribution in [0.15, 0.2) is 23.4 Å². The maximum atomic E-state index is 10.3. The molecule has 1 aromatic heterocycles. The maximum Gasteiger partial charge on any atom is 0.214 e. The zero-order valence-corrected chi connectivity index (χ0v) is 15.3. The van der Waals surface area contributed by atoms with E-state index in [2.05, 4.69) is 20.4 Å². The van der Waals surface area contributed by atoms with E-state index in [1.165, 1.54) is 11.8 Å². The van der Waals surface area contributed by atoms with E-state index < -0.39 is 6.10 Å². The molecule has 1 aromatic carbocycles. The Bertz CT molecular complexity index is 690. The first kappa shape index (κ1) is 18.1. The van der Waals surface area contributed by atoms with Gasteiger partial charge in [-0.2, -0.15) is 4.68 Å². The van der Waals surface area contributed by atoms with E-state index in [0.717, 1.165) is 37.6 Å². The second kappa shape index (κ2) is 8.61. The third-order valence-corrected chi connectivity index (χ3v) is 5.05. The van der Waals surface area contributed by atoms with Gasteiger partial charge >= 0.3 is 0 Å². The number of thioether (sulfide) groups is 1. The van der Waals surface area contributed by atoms with Gasteiger partial charge in [-0.1, -0.05) is 17.8 Å². The van der Waals surface area contributed by atoms with Crippen molar-refractivity contribution in [1.82, 2.24) is 25.1 Å². The number of hydrogen-bond acceptors (Lipinski definition) is 8. The van der Waals surface area contributed by atoms with E-state index in [-0.39, 0.29) is 0 Å². The number of morpholine rings is 1. The summed E-state index contributed by atoms with van der Waals surface area (Å²) < 4.78 is 12.4. The van der Waals surface area contributed by atoms with Crippen LogP contribution in [0, 0.1) is 6.92 Å². The second-order valence-corrected chi connectivity index (χ2v) is 6.91. The number of hydrogen-bond donors (Lipinski definition) is 1. The third kappa shape index (κ3) is 4.69. The van der Waals surface area contributed by atoms with Gasteiger partial charge < -0.3 is 14.6 Å². The number of methoxy groups -OCH3 is 1. The van der Waals surface area contributed by atoms with Crippen LogP contribution in [0.3, 0.4) is 0 Å². The van der Waals surface area contributed by atoms with Gasteiger partial charge in [0.1, 0.15) is 11.4 Å². The molecular weight excluding hydrogens is 342 g/mol. The van der Waals surface area contributed by atoms with Crippen LogP contribution in [-0.4, -0.2) is 82.0 Å². The lowest BCUT2D eigenvalue weighted by atomic mass is 10.2. The minimum atomic E-state index is -0.451. The summed E-state index contributed by atoms with van der Waals surface area (Å²) in [4.78, 5) is 2.21. The SMILES string of the molecule is COc1ccc(C)cc1-n1nnnc1SC[C@@H](O)CN1CCOCC1. The van der Waals surface area contributed by atoms with Crippen molar-refractivity contribution < 1.29 is 14.6 Å². The van der Waals surface area contributed by atoms with Crippen LogP contribution in [0.4, 0.5) is 0 Å². The molecule has 136 valence electrons. The fourth-order valence-electron chi connectivity index (χ4n) is 2.69. The third-order valence-electron chi connectivity index (χ3n) is 3.98. The first-order valence-electron chi connectivity index (χ1n) is 8.21. The highest BCUT2D eigenvalue weighted by Gasteiger charge is 2.18. The summed E-state index contributed by atoms with van der Waals surface area (Å²) in [6.45, 7) is 5.81. The highest BCUT2D eigenvalue weighted by atomic mass is 32.2. The van der Waals surface area contributed by atoms with E-state index >= 15 is 0 Å². The van der Waals surface area contributed by atoms with E-state index in [1.54, 1.807) is 11.8 Å². The van der Waals surface area contributed by atoms with Gasteiger partial charge in [0.15, 0.2) is 0 Å². The number of benzene rings is 1. The van der Waals surface area contributed by atoms with Gasteiger partial charge in [-0.25, -0.2) is 0 Å². The van der Waals surface area contributed by atoms with Crippen molar-refractivity contribution >= 4 is 11.8 Å². The molecule has 1 aliphatic rings. The number of β-amino-alcohol motifs (C(OH)–C–C–N with tert-alkyl or cyclic N) is 1. The molecule has 2 heterocycles. The normalized spacial score (nSPS) is 16.8. The first-order chi connectivity index (χ1) is 12.2. The molecule has 1 saturated heterocycles. The monoisotopic (exact) mass is 365 g/mol. The Balaban J connectivity index is 1.65. The molecule has 1 N–H and O–H groups in total.